The zero-order valence-corrected chi connectivity index (χ0v) is 11.1. The van der Waals surface area contributed by atoms with E-state index in [1.807, 2.05) is 18.2 Å². The Labute approximate surface area is 109 Å². The first kappa shape index (κ1) is 13.1. The van der Waals surface area contributed by atoms with Gasteiger partial charge in [-0.05, 0) is 23.8 Å². The van der Waals surface area contributed by atoms with Gasteiger partial charge in [0, 0.05) is 26.2 Å². The van der Waals surface area contributed by atoms with Crippen molar-refractivity contribution >= 4 is 5.91 Å². The maximum Gasteiger partial charge on any atom is 0.220 e. The molecule has 3 unspecified atom stereocenters. The molecule has 0 radical (unpaired) electrons. The average molecular weight is 247 g/mol. The van der Waals surface area contributed by atoms with Crippen molar-refractivity contribution in [2.45, 2.75) is 25.8 Å². The SMILES string of the molecule is COCC(C)C1CC(=O)NC1Cc1ccccc1. The van der Waals surface area contributed by atoms with Crippen LogP contribution in [0.2, 0.25) is 0 Å². The molecule has 2 rings (SSSR count). The summed E-state index contributed by atoms with van der Waals surface area (Å²) in [5.74, 6) is 0.948. The van der Waals surface area contributed by atoms with Crippen LogP contribution in [0.4, 0.5) is 0 Å². The lowest BCUT2D eigenvalue weighted by molar-refractivity contribution is -0.119. The summed E-state index contributed by atoms with van der Waals surface area (Å²) in [4.78, 5) is 11.6. The summed E-state index contributed by atoms with van der Waals surface area (Å²) >= 11 is 0. The van der Waals surface area contributed by atoms with Gasteiger partial charge in [-0.25, -0.2) is 0 Å². The molecule has 1 amide bonds. The molecule has 1 heterocycles. The maximum absolute atomic E-state index is 11.6. The van der Waals surface area contributed by atoms with Gasteiger partial charge in [-0.15, -0.1) is 0 Å². The van der Waals surface area contributed by atoms with E-state index in [2.05, 4.69) is 24.4 Å². The number of benzene rings is 1. The van der Waals surface area contributed by atoms with Crippen LogP contribution < -0.4 is 5.32 Å². The van der Waals surface area contributed by atoms with E-state index in [4.69, 9.17) is 4.74 Å². The highest BCUT2D eigenvalue weighted by molar-refractivity contribution is 5.79. The number of methoxy groups -OCH3 is 1. The molecule has 3 heteroatoms. The molecule has 1 N–H and O–H groups in total. The minimum absolute atomic E-state index is 0.170. The van der Waals surface area contributed by atoms with Crippen molar-refractivity contribution in [3.05, 3.63) is 35.9 Å². The Bertz CT molecular complexity index is 391. The average Bonchev–Trinajstić information content (AvgIpc) is 2.72. The van der Waals surface area contributed by atoms with Crippen LogP contribution in [0.5, 0.6) is 0 Å². The van der Waals surface area contributed by atoms with E-state index in [9.17, 15) is 4.79 Å². The van der Waals surface area contributed by atoms with Crippen LogP contribution >= 0.6 is 0 Å². The molecule has 98 valence electrons. The molecule has 0 aliphatic carbocycles. The Kier molecular flexibility index (Phi) is 4.37. The third-order valence-electron chi connectivity index (χ3n) is 3.74. The van der Waals surface area contributed by atoms with E-state index < -0.39 is 0 Å². The van der Waals surface area contributed by atoms with Gasteiger partial charge in [-0.1, -0.05) is 37.3 Å². The number of nitrogens with one attached hydrogen (secondary N) is 1. The number of ether oxygens (including phenoxy) is 1. The highest BCUT2D eigenvalue weighted by atomic mass is 16.5. The van der Waals surface area contributed by atoms with E-state index in [0.717, 1.165) is 6.42 Å². The quantitative estimate of drug-likeness (QED) is 0.864. The van der Waals surface area contributed by atoms with E-state index in [0.29, 0.717) is 24.9 Å². The number of rotatable bonds is 5. The van der Waals surface area contributed by atoms with Gasteiger partial charge in [0.15, 0.2) is 0 Å². The fraction of sp³-hybridized carbons (Fsp3) is 0.533. The van der Waals surface area contributed by atoms with Gasteiger partial charge in [-0.3, -0.25) is 4.79 Å². The number of carbonyl (C=O) groups is 1. The Balaban J connectivity index is 2.03. The van der Waals surface area contributed by atoms with Crippen LogP contribution in [0, 0.1) is 11.8 Å². The molecular weight excluding hydrogens is 226 g/mol. The minimum Gasteiger partial charge on any atom is -0.384 e. The highest BCUT2D eigenvalue weighted by Crippen LogP contribution is 2.27. The molecule has 1 fully saturated rings. The lowest BCUT2D eigenvalue weighted by atomic mass is 9.85. The van der Waals surface area contributed by atoms with Crippen molar-refractivity contribution in [3.63, 3.8) is 0 Å². The van der Waals surface area contributed by atoms with Gasteiger partial charge >= 0.3 is 0 Å². The Morgan fingerprint density at radius 2 is 2.11 bits per heavy atom. The molecule has 0 spiro atoms. The molecule has 1 saturated heterocycles. The third-order valence-corrected chi connectivity index (χ3v) is 3.74. The Morgan fingerprint density at radius 3 is 2.78 bits per heavy atom. The number of carbonyl (C=O) groups excluding carboxylic acids is 1. The van der Waals surface area contributed by atoms with Crippen molar-refractivity contribution in [2.75, 3.05) is 13.7 Å². The lowest BCUT2D eigenvalue weighted by Gasteiger charge is -2.24. The van der Waals surface area contributed by atoms with Crippen molar-refractivity contribution in [1.29, 1.82) is 0 Å². The van der Waals surface area contributed by atoms with Gasteiger partial charge < -0.3 is 10.1 Å². The molecule has 1 aromatic carbocycles. The van der Waals surface area contributed by atoms with Gasteiger partial charge in [-0.2, -0.15) is 0 Å². The summed E-state index contributed by atoms with van der Waals surface area (Å²) in [6, 6.07) is 10.6. The molecule has 0 aromatic heterocycles. The zero-order chi connectivity index (χ0) is 13.0. The summed E-state index contributed by atoms with van der Waals surface area (Å²) in [5, 5.41) is 3.10. The summed E-state index contributed by atoms with van der Waals surface area (Å²) in [6.45, 7) is 2.87. The first-order chi connectivity index (χ1) is 8.70. The fourth-order valence-corrected chi connectivity index (χ4v) is 2.78. The monoisotopic (exact) mass is 247 g/mol. The third kappa shape index (κ3) is 3.10. The van der Waals surface area contributed by atoms with E-state index in [1.165, 1.54) is 5.56 Å². The van der Waals surface area contributed by atoms with E-state index in [1.54, 1.807) is 7.11 Å². The van der Waals surface area contributed by atoms with Crippen LogP contribution in [0.25, 0.3) is 0 Å². The lowest BCUT2D eigenvalue weighted by Crippen LogP contribution is -2.34. The van der Waals surface area contributed by atoms with Crippen molar-refractivity contribution in [3.8, 4) is 0 Å². The van der Waals surface area contributed by atoms with Crippen LogP contribution in [-0.4, -0.2) is 25.7 Å². The topological polar surface area (TPSA) is 38.3 Å². The summed E-state index contributed by atoms with van der Waals surface area (Å²) in [6.07, 6.45) is 1.54. The molecule has 3 nitrogen and oxygen atoms in total. The largest absolute Gasteiger partial charge is 0.384 e. The Morgan fingerprint density at radius 1 is 1.39 bits per heavy atom. The molecule has 18 heavy (non-hydrogen) atoms. The number of hydrogen-bond donors (Lipinski definition) is 1. The summed E-state index contributed by atoms with van der Waals surface area (Å²) in [7, 11) is 1.72. The molecule has 1 aliphatic heterocycles. The van der Waals surface area contributed by atoms with Crippen molar-refractivity contribution in [1.82, 2.24) is 5.32 Å². The zero-order valence-electron chi connectivity index (χ0n) is 11.1. The Hall–Kier alpha value is -1.35. The van der Waals surface area contributed by atoms with Crippen LogP contribution in [-0.2, 0) is 16.0 Å². The first-order valence-electron chi connectivity index (χ1n) is 6.53. The van der Waals surface area contributed by atoms with Crippen molar-refractivity contribution < 1.29 is 9.53 Å². The van der Waals surface area contributed by atoms with Gasteiger partial charge in [0.25, 0.3) is 0 Å². The highest BCUT2D eigenvalue weighted by Gasteiger charge is 2.35. The smallest absolute Gasteiger partial charge is 0.220 e. The van der Waals surface area contributed by atoms with Gasteiger partial charge in [0.05, 0.1) is 0 Å². The molecule has 1 aromatic rings. The van der Waals surface area contributed by atoms with Crippen LogP contribution in [0.1, 0.15) is 18.9 Å². The summed E-state index contributed by atoms with van der Waals surface area (Å²) in [5.41, 5.74) is 1.28. The number of amides is 1. The second-order valence-electron chi connectivity index (χ2n) is 5.16. The molecule has 0 bridgehead atoms. The predicted octanol–water partition coefficient (Wildman–Crippen LogP) is 2.02. The van der Waals surface area contributed by atoms with E-state index >= 15 is 0 Å². The molecule has 3 atom stereocenters. The second-order valence-corrected chi connectivity index (χ2v) is 5.16. The van der Waals surface area contributed by atoms with E-state index in [-0.39, 0.29) is 11.9 Å². The summed E-state index contributed by atoms with van der Waals surface area (Å²) < 4.78 is 5.21. The predicted molar refractivity (Wildman–Crippen MR) is 71.2 cm³/mol. The van der Waals surface area contributed by atoms with Gasteiger partial charge in [0.1, 0.15) is 0 Å². The number of hydrogen-bond acceptors (Lipinski definition) is 2. The maximum atomic E-state index is 11.6. The molecule has 1 aliphatic rings. The second kappa shape index (κ2) is 6.01. The molecular formula is C15H21NO2. The molecule has 0 saturated carbocycles. The van der Waals surface area contributed by atoms with Crippen LogP contribution in [0.15, 0.2) is 30.3 Å². The minimum atomic E-state index is 0.170. The first-order valence-corrected chi connectivity index (χ1v) is 6.53. The van der Waals surface area contributed by atoms with Crippen molar-refractivity contribution in [2.24, 2.45) is 11.8 Å². The fourth-order valence-electron chi connectivity index (χ4n) is 2.78. The van der Waals surface area contributed by atoms with Crippen LogP contribution in [0.3, 0.4) is 0 Å². The normalized spacial score (nSPS) is 24.9. The standard InChI is InChI=1S/C15H21NO2/c1-11(10-18-2)13-9-15(17)16-14(13)8-12-6-4-3-5-7-12/h3-7,11,13-14H,8-10H2,1-2H3,(H,16,17). The van der Waals surface area contributed by atoms with Gasteiger partial charge in [0.2, 0.25) is 5.91 Å².